The number of carbonyl (C=O) groups excluding carboxylic acids is 1. The number of hydrogen-bond acceptors (Lipinski definition) is 6. The number of carbonyl (C=O) groups is 1. The number of furan rings is 1. The topological polar surface area (TPSA) is 67.4 Å². The molecule has 0 unspecified atom stereocenters. The average molecular weight is 494 g/mol. The Bertz CT molecular complexity index is 1410. The second-order valence-electron chi connectivity index (χ2n) is 7.97. The Hall–Kier alpha value is -4.36. The van der Waals surface area contributed by atoms with E-state index < -0.39 is 0 Å². The highest BCUT2D eigenvalue weighted by Crippen LogP contribution is 2.34. The largest absolute Gasteiger partial charge is 0.497 e. The van der Waals surface area contributed by atoms with E-state index >= 15 is 0 Å². The molecule has 5 rings (SSSR count). The first-order valence-corrected chi connectivity index (χ1v) is 12.2. The summed E-state index contributed by atoms with van der Waals surface area (Å²) in [6.45, 7) is 0.278. The van der Waals surface area contributed by atoms with Crippen molar-refractivity contribution in [3.05, 3.63) is 119 Å². The molecule has 178 valence electrons. The lowest BCUT2D eigenvalue weighted by molar-refractivity contribution is -0.122. The smallest absolute Gasteiger partial charge is 0.267 e. The molecule has 0 aliphatic carbocycles. The van der Waals surface area contributed by atoms with Gasteiger partial charge in [0.25, 0.3) is 5.91 Å². The number of thioether (sulfide) groups is 1. The van der Waals surface area contributed by atoms with Crippen LogP contribution in [0.4, 0.5) is 0 Å². The molecule has 6 nitrogen and oxygen atoms in total. The molecule has 3 aromatic carbocycles. The highest BCUT2D eigenvalue weighted by atomic mass is 32.2. The van der Waals surface area contributed by atoms with E-state index in [0.717, 1.165) is 28.0 Å². The second-order valence-corrected chi connectivity index (χ2v) is 8.98. The van der Waals surface area contributed by atoms with Gasteiger partial charge in [-0.3, -0.25) is 9.69 Å². The number of nitrogens with zero attached hydrogens (tertiary/aromatic N) is 3. The van der Waals surface area contributed by atoms with Gasteiger partial charge in [0, 0.05) is 0 Å². The van der Waals surface area contributed by atoms with E-state index in [-0.39, 0.29) is 12.5 Å². The molecule has 1 saturated heterocycles. The highest BCUT2D eigenvalue weighted by molar-refractivity contribution is 8.18. The molecule has 36 heavy (non-hydrogen) atoms. The van der Waals surface area contributed by atoms with Crippen LogP contribution in [0.5, 0.6) is 5.75 Å². The summed E-state index contributed by atoms with van der Waals surface area (Å²) in [5.41, 5.74) is 4.09. The molecule has 2 heterocycles. The number of amides is 1. The van der Waals surface area contributed by atoms with Crippen LogP contribution in [0.1, 0.15) is 16.9 Å². The van der Waals surface area contributed by atoms with Gasteiger partial charge >= 0.3 is 0 Å². The number of methoxy groups -OCH3 is 1. The van der Waals surface area contributed by atoms with Crippen molar-refractivity contribution in [2.75, 3.05) is 7.11 Å². The molecule has 4 aromatic rings. The fraction of sp³-hybridized carbons (Fsp3) is 0.0690. The lowest BCUT2D eigenvalue weighted by Crippen LogP contribution is -2.28. The molecule has 1 aromatic heterocycles. The molecule has 0 spiro atoms. The van der Waals surface area contributed by atoms with Gasteiger partial charge in [-0.1, -0.05) is 54.6 Å². The van der Waals surface area contributed by atoms with Crippen molar-refractivity contribution in [1.82, 2.24) is 4.90 Å². The lowest BCUT2D eigenvalue weighted by atomic mass is 10.0. The minimum absolute atomic E-state index is 0.137. The zero-order valence-corrected chi connectivity index (χ0v) is 20.4. The quantitative estimate of drug-likeness (QED) is 0.168. The Balaban J connectivity index is 1.38. The van der Waals surface area contributed by atoms with Crippen LogP contribution in [0.15, 0.2) is 117 Å². The van der Waals surface area contributed by atoms with E-state index in [0.29, 0.717) is 15.8 Å². The standard InChI is InChI=1S/C29H23N3O3S/c1-34-25-15-11-22(12-16-25)19-30-31-29-32(20-26-8-5-17-35-26)28(33)27(36-29)18-21-9-13-24(14-10-21)23-6-3-2-4-7-23/h2-19H,20H2,1H3/b27-18-,30-19-,31-29+. The summed E-state index contributed by atoms with van der Waals surface area (Å²) in [6, 6.07) is 29.4. The van der Waals surface area contributed by atoms with Gasteiger partial charge in [0.2, 0.25) is 0 Å². The van der Waals surface area contributed by atoms with E-state index in [1.165, 1.54) is 11.8 Å². The van der Waals surface area contributed by atoms with Gasteiger partial charge in [-0.25, -0.2) is 0 Å². The predicted octanol–water partition coefficient (Wildman–Crippen LogP) is 6.46. The van der Waals surface area contributed by atoms with Crippen LogP contribution in [0, 0.1) is 0 Å². The first-order valence-electron chi connectivity index (χ1n) is 11.3. The highest BCUT2D eigenvalue weighted by Gasteiger charge is 2.34. The minimum atomic E-state index is -0.137. The first-order chi connectivity index (χ1) is 17.7. The van der Waals surface area contributed by atoms with Gasteiger partial charge in [-0.05, 0) is 76.5 Å². The summed E-state index contributed by atoms with van der Waals surface area (Å²) in [4.78, 5) is 15.4. The Labute approximate surface area is 213 Å². The normalized spacial score (nSPS) is 15.9. The third-order valence-corrected chi connectivity index (χ3v) is 6.56. The number of rotatable bonds is 7. The van der Waals surface area contributed by atoms with E-state index in [9.17, 15) is 4.79 Å². The van der Waals surface area contributed by atoms with Crippen molar-refractivity contribution in [3.63, 3.8) is 0 Å². The maximum atomic E-state index is 13.3. The van der Waals surface area contributed by atoms with Gasteiger partial charge < -0.3 is 9.15 Å². The molecule has 0 radical (unpaired) electrons. The van der Waals surface area contributed by atoms with Gasteiger partial charge in [-0.15, -0.1) is 5.10 Å². The monoisotopic (exact) mass is 493 g/mol. The zero-order chi connectivity index (χ0) is 24.7. The molecule has 7 heteroatoms. The SMILES string of the molecule is COc1ccc(/C=N\N=C2\S/C(=C\c3ccc(-c4ccccc4)cc3)C(=O)N2Cc2ccco2)cc1. The second kappa shape index (κ2) is 10.9. The minimum Gasteiger partial charge on any atom is -0.497 e. The summed E-state index contributed by atoms with van der Waals surface area (Å²) >= 11 is 1.30. The molecule has 0 bridgehead atoms. The molecule has 0 atom stereocenters. The van der Waals surface area contributed by atoms with Crippen LogP contribution in [0.25, 0.3) is 17.2 Å². The molecule has 0 N–H and O–H groups in total. The van der Waals surface area contributed by atoms with Crippen LogP contribution in [-0.2, 0) is 11.3 Å². The van der Waals surface area contributed by atoms with Crippen LogP contribution >= 0.6 is 11.8 Å². The number of ether oxygens (including phenoxy) is 1. The maximum Gasteiger partial charge on any atom is 0.267 e. The fourth-order valence-corrected chi connectivity index (χ4v) is 4.60. The Morgan fingerprint density at radius 1 is 0.889 bits per heavy atom. The molecule has 1 fully saturated rings. The number of hydrogen-bond donors (Lipinski definition) is 0. The van der Waals surface area contributed by atoms with Crippen LogP contribution < -0.4 is 4.74 Å². The third-order valence-electron chi connectivity index (χ3n) is 5.56. The maximum absolute atomic E-state index is 13.3. The lowest BCUT2D eigenvalue weighted by Gasteiger charge is -2.12. The molecular weight excluding hydrogens is 470 g/mol. The van der Waals surface area contributed by atoms with E-state index in [1.807, 2.05) is 66.7 Å². The average Bonchev–Trinajstić information content (AvgIpc) is 3.54. The van der Waals surface area contributed by atoms with Crippen molar-refractivity contribution in [2.45, 2.75) is 6.54 Å². The number of benzene rings is 3. The van der Waals surface area contributed by atoms with Crippen molar-refractivity contribution in [1.29, 1.82) is 0 Å². The Kier molecular flexibility index (Phi) is 7.10. The molecule has 1 aliphatic heterocycles. The van der Waals surface area contributed by atoms with Crippen molar-refractivity contribution >= 4 is 35.1 Å². The summed E-state index contributed by atoms with van der Waals surface area (Å²) in [5.74, 6) is 1.30. The summed E-state index contributed by atoms with van der Waals surface area (Å²) in [7, 11) is 1.62. The van der Waals surface area contributed by atoms with Crippen LogP contribution in [0.3, 0.4) is 0 Å². The van der Waals surface area contributed by atoms with Gasteiger partial charge in [0.1, 0.15) is 11.5 Å². The Morgan fingerprint density at radius 3 is 2.31 bits per heavy atom. The summed E-state index contributed by atoms with van der Waals surface area (Å²) in [5, 5.41) is 9.08. The van der Waals surface area contributed by atoms with Crippen molar-refractivity contribution in [2.24, 2.45) is 10.2 Å². The van der Waals surface area contributed by atoms with Crippen LogP contribution in [-0.4, -0.2) is 29.3 Å². The van der Waals surface area contributed by atoms with Crippen molar-refractivity contribution in [3.8, 4) is 16.9 Å². The van der Waals surface area contributed by atoms with E-state index in [2.05, 4.69) is 34.5 Å². The molecule has 0 saturated carbocycles. The summed E-state index contributed by atoms with van der Waals surface area (Å²) < 4.78 is 10.7. The first kappa shape index (κ1) is 23.4. The van der Waals surface area contributed by atoms with E-state index in [4.69, 9.17) is 9.15 Å². The Morgan fingerprint density at radius 2 is 1.61 bits per heavy atom. The van der Waals surface area contributed by atoms with Gasteiger partial charge in [0.15, 0.2) is 5.17 Å². The number of amidine groups is 1. The summed E-state index contributed by atoms with van der Waals surface area (Å²) in [6.07, 6.45) is 5.12. The van der Waals surface area contributed by atoms with Crippen molar-refractivity contribution < 1.29 is 13.9 Å². The van der Waals surface area contributed by atoms with Gasteiger partial charge in [-0.2, -0.15) is 5.10 Å². The third kappa shape index (κ3) is 5.47. The predicted molar refractivity (Wildman–Crippen MR) is 145 cm³/mol. The van der Waals surface area contributed by atoms with Gasteiger partial charge in [0.05, 0.1) is 31.0 Å². The van der Waals surface area contributed by atoms with Crippen LogP contribution in [0.2, 0.25) is 0 Å². The molecule has 1 amide bonds. The fourth-order valence-electron chi connectivity index (χ4n) is 3.67. The van der Waals surface area contributed by atoms with E-state index in [1.54, 1.807) is 30.6 Å². The molecule has 1 aliphatic rings. The zero-order valence-electron chi connectivity index (χ0n) is 19.6. The molecular formula is C29H23N3O3S.